The lowest BCUT2D eigenvalue weighted by Gasteiger charge is -2.10. The molecule has 0 radical (unpaired) electrons. The fourth-order valence-electron chi connectivity index (χ4n) is 3.45. The van der Waals surface area contributed by atoms with Gasteiger partial charge in [-0.1, -0.05) is 37.8 Å². The van der Waals surface area contributed by atoms with Crippen LogP contribution >= 0.6 is 10.5 Å². The van der Waals surface area contributed by atoms with Crippen molar-refractivity contribution in [3.63, 3.8) is 0 Å². The van der Waals surface area contributed by atoms with Crippen molar-refractivity contribution in [2.75, 3.05) is 0 Å². The third kappa shape index (κ3) is 3.35. The summed E-state index contributed by atoms with van der Waals surface area (Å²) < 4.78 is 41.4. The van der Waals surface area contributed by atoms with Crippen LogP contribution in [0.15, 0.2) is 24.3 Å². The smallest absolute Gasteiger partial charge is 0.600 e. The molecule has 1 aliphatic carbocycles. The van der Waals surface area contributed by atoms with Gasteiger partial charge in [0.15, 0.2) is 9.58 Å². The van der Waals surface area contributed by atoms with Gasteiger partial charge in [0.25, 0.3) is 0 Å². The van der Waals surface area contributed by atoms with Gasteiger partial charge in [-0.15, -0.1) is 13.2 Å². The Morgan fingerprint density at radius 2 is 1.68 bits per heavy atom. The van der Waals surface area contributed by atoms with Crippen LogP contribution in [0.25, 0.3) is 10.1 Å². The first-order valence-corrected chi connectivity index (χ1v) is 8.83. The molecule has 5 heteroatoms. The van der Waals surface area contributed by atoms with Crippen molar-refractivity contribution in [2.45, 2.75) is 56.9 Å². The predicted molar refractivity (Wildman–Crippen MR) is 82.9 cm³/mol. The number of halogens is 4. The van der Waals surface area contributed by atoms with Crippen molar-refractivity contribution in [3.8, 4) is 0 Å². The molecule has 2 aromatic rings. The van der Waals surface area contributed by atoms with E-state index in [4.69, 9.17) is 0 Å². The quantitative estimate of drug-likeness (QED) is 0.511. The summed E-state index contributed by atoms with van der Waals surface area (Å²) in [6.45, 7) is 1.91. The van der Waals surface area contributed by atoms with Gasteiger partial charge in [0.2, 0.25) is 0 Å². The van der Waals surface area contributed by atoms with Crippen LogP contribution in [0.4, 0.5) is 13.2 Å². The van der Waals surface area contributed by atoms with Crippen molar-refractivity contribution >= 4 is 20.6 Å². The first-order chi connectivity index (χ1) is 9.98. The molecule has 1 saturated carbocycles. The molecule has 0 amide bonds. The Labute approximate surface area is 142 Å². The number of thiophene rings is 1. The molecule has 0 bridgehead atoms. The Hall–Kier alpha value is -0.550. The molecule has 3 rings (SSSR count). The molecular weight excluding hydrogens is 373 g/mol. The summed E-state index contributed by atoms with van der Waals surface area (Å²) in [5, 5.41) is 0.817. The molecule has 1 aromatic carbocycles. The molecule has 1 unspecified atom stereocenters. The Bertz CT molecular complexity index is 637. The summed E-state index contributed by atoms with van der Waals surface area (Å²) in [6.07, 6.45) is 6.28. The van der Waals surface area contributed by atoms with E-state index in [1.165, 1.54) is 0 Å². The lowest BCUT2D eigenvalue weighted by atomic mass is 9.98. The highest BCUT2D eigenvalue weighted by Gasteiger charge is 2.49. The highest BCUT2D eigenvalue weighted by molar-refractivity contribution is 7.38. The molecule has 1 atom stereocenters. The number of alkyl halides is 3. The van der Waals surface area contributed by atoms with Crippen molar-refractivity contribution < 1.29 is 30.2 Å². The number of fused-ring (bicyclic) bond motifs is 1. The van der Waals surface area contributed by atoms with Gasteiger partial charge in [-0.3, -0.25) is 0 Å². The SMILES string of the molecule is Cc1cccc2c1cc(C1CCCCCC1)[s+]2C(F)(F)F.[Br-]. The van der Waals surface area contributed by atoms with E-state index in [1.54, 1.807) is 12.1 Å². The van der Waals surface area contributed by atoms with Gasteiger partial charge in [0.1, 0.15) is 0 Å². The first kappa shape index (κ1) is 17.8. The number of hydrogen-bond donors (Lipinski definition) is 0. The monoisotopic (exact) mass is 392 g/mol. The number of aryl methyl sites for hydroxylation is 1. The zero-order valence-electron chi connectivity index (χ0n) is 12.5. The summed E-state index contributed by atoms with van der Waals surface area (Å²) in [4.78, 5) is 0.647. The lowest BCUT2D eigenvalue weighted by molar-refractivity contribution is -0.0868. The van der Waals surface area contributed by atoms with E-state index in [1.807, 2.05) is 19.1 Å². The van der Waals surface area contributed by atoms with Crippen LogP contribution < -0.4 is 17.0 Å². The summed E-state index contributed by atoms with van der Waals surface area (Å²) in [5.41, 5.74) is -3.20. The Morgan fingerprint density at radius 1 is 1.05 bits per heavy atom. The largest absolute Gasteiger partial charge is 1.00 e. The third-order valence-electron chi connectivity index (χ3n) is 4.52. The zero-order chi connectivity index (χ0) is 15.0. The van der Waals surface area contributed by atoms with Crippen molar-refractivity contribution in [1.82, 2.24) is 0 Å². The molecule has 1 fully saturated rings. The highest BCUT2D eigenvalue weighted by atomic mass is 79.9. The van der Waals surface area contributed by atoms with Gasteiger partial charge >= 0.3 is 5.51 Å². The van der Waals surface area contributed by atoms with Crippen LogP contribution in [0, 0.1) is 6.92 Å². The fraction of sp³-hybridized carbons (Fsp3) is 0.529. The molecule has 0 nitrogen and oxygen atoms in total. The number of hydrogen-bond acceptors (Lipinski definition) is 0. The van der Waals surface area contributed by atoms with Crippen LogP contribution in [-0.2, 0) is 5.51 Å². The van der Waals surface area contributed by atoms with Gasteiger partial charge < -0.3 is 17.0 Å². The van der Waals surface area contributed by atoms with E-state index in [0.717, 1.165) is 49.5 Å². The zero-order valence-corrected chi connectivity index (χ0v) is 15.0. The topological polar surface area (TPSA) is 0 Å². The predicted octanol–water partition coefficient (Wildman–Crippen LogP) is 3.82. The van der Waals surface area contributed by atoms with Crippen molar-refractivity contribution in [1.29, 1.82) is 0 Å². The second-order valence-corrected chi connectivity index (χ2v) is 7.96. The molecule has 122 valence electrons. The maximum Gasteiger partial charge on any atom is 0.600 e. The number of rotatable bonds is 1. The maximum atomic E-state index is 13.6. The van der Waals surface area contributed by atoms with Crippen LogP contribution in [0.3, 0.4) is 0 Å². The lowest BCUT2D eigenvalue weighted by Crippen LogP contribution is -3.00. The average molecular weight is 393 g/mol. The number of benzene rings is 1. The second kappa shape index (κ2) is 6.91. The van der Waals surface area contributed by atoms with Gasteiger partial charge in [0, 0.05) is 17.4 Å². The van der Waals surface area contributed by atoms with Gasteiger partial charge in [-0.2, -0.15) is 0 Å². The van der Waals surface area contributed by atoms with Gasteiger partial charge in [0.05, 0.1) is 10.5 Å². The molecule has 0 saturated heterocycles. The average Bonchev–Trinajstić information content (AvgIpc) is 2.63. The van der Waals surface area contributed by atoms with Crippen LogP contribution in [0.5, 0.6) is 0 Å². The minimum Gasteiger partial charge on any atom is -1.00 e. The van der Waals surface area contributed by atoms with Crippen LogP contribution in [0.2, 0.25) is 0 Å². The molecule has 22 heavy (non-hydrogen) atoms. The highest BCUT2D eigenvalue weighted by Crippen LogP contribution is 2.55. The maximum absolute atomic E-state index is 13.6. The third-order valence-corrected chi connectivity index (χ3v) is 6.70. The summed E-state index contributed by atoms with van der Waals surface area (Å²) in [7, 11) is -1.71. The first-order valence-electron chi connectivity index (χ1n) is 7.61. The molecule has 0 N–H and O–H groups in total. The van der Waals surface area contributed by atoms with E-state index < -0.39 is 16.0 Å². The molecule has 1 aromatic heterocycles. The van der Waals surface area contributed by atoms with E-state index >= 15 is 0 Å². The standard InChI is InChI=1S/C17H20F3S.BrH/c1-12-7-6-10-15-14(12)11-16(21(15)17(18,19)20)13-8-4-2-3-5-9-13;/h6-7,10-11,13H,2-5,8-9H2,1H3;1H/q+1;/p-1. The van der Waals surface area contributed by atoms with E-state index in [2.05, 4.69) is 0 Å². The fourth-order valence-corrected chi connectivity index (χ4v) is 5.68. The molecule has 0 spiro atoms. The molecule has 1 aliphatic rings. The Morgan fingerprint density at radius 3 is 2.27 bits per heavy atom. The Balaban J connectivity index is 0.00000176. The molecular formula is C17H20BrF3S. The van der Waals surface area contributed by atoms with Crippen molar-refractivity contribution in [2.24, 2.45) is 0 Å². The van der Waals surface area contributed by atoms with E-state index in [0.29, 0.717) is 9.58 Å². The minimum atomic E-state index is -4.16. The summed E-state index contributed by atoms with van der Waals surface area (Å²) in [5.74, 6) is 0.115. The second-order valence-electron chi connectivity index (χ2n) is 5.97. The normalized spacial score (nSPS) is 18.1. The van der Waals surface area contributed by atoms with Gasteiger partial charge in [-0.05, 0) is 31.4 Å². The summed E-state index contributed by atoms with van der Waals surface area (Å²) in [6, 6.07) is 7.18. The van der Waals surface area contributed by atoms with E-state index in [-0.39, 0.29) is 22.9 Å². The van der Waals surface area contributed by atoms with Crippen LogP contribution in [-0.4, -0.2) is 0 Å². The van der Waals surface area contributed by atoms with Crippen LogP contribution in [0.1, 0.15) is 54.9 Å². The molecule has 0 aliphatic heterocycles. The van der Waals surface area contributed by atoms with E-state index in [9.17, 15) is 13.2 Å². The molecule has 1 heterocycles. The summed E-state index contributed by atoms with van der Waals surface area (Å²) >= 11 is 0. The van der Waals surface area contributed by atoms with Gasteiger partial charge in [-0.25, -0.2) is 0 Å². The minimum absolute atomic E-state index is 0. The van der Waals surface area contributed by atoms with Crippen molar-refractivity contribution in [3.05, 3.63) is 34.7 Å². The Kier molecular flexibility index (Phi) is 5.59.